The Morgan fingerprint density at radius 1 is 1.45 bits per heavy atom. The van der Waals surface area contributed by atoms with Crippen LogP contribution in [0.3, 0.4) is 0 Å². The van der Waals surface area contributed by atoms with Gasteiger partial charge in [0, 0.05) is 11.1 Å². The second-order valence-corrected chi connectivity index (χ2v) is 4.15. The minimum Gasteiger partial charge on any atom is -0.463 e. The van der Waals surface area contributed by atoms with Gasteiger partial charge in [-0.3, -0.25) is 10.1 Å². The fourth-order valence-corrected chi connectivity index (χ4v) is 1.53. The van der Waals surface area contributed by atoms with Crippen molar-refractivity contribution in [1.82, 2.24) is 0 Å². The third-order valence-electron chi connectivity index (χ3n) is 2.28. The van der Waals surface area contributed by atoms with E-state index >= 15 is 0 Å². The van der Waals surface area contributed by atoms with E-state index in [1.54, 1.807) is 6.92 Å². The predicted octanol–water partition coefficient (Wildman–Crippen LogP) is 2.36. The number of ether oxygens (including phenoxy) is 2. The Bertz CT molecular complexity index is 545. The first-order chi connectivity index (χ1) is 9.36. The molecule has 0 radical (unpaired) electrons. The molecule has 1 aromatic carbocycles. The standard InChI is InChI=1S/C12H12ClNO6/c1-3-19-11(15)7(2)20-12(16)9-6-8(13)4-5-10(9)14(17)18/h4-7H,3H2,1-2H3. The van der Waals surface area contributed by atoms with E-state index in [0.29, 0.717) is 0 Å². The van der Waals surface area contributed by atoms with Crippen LogP contribution in [0.4, 0.5) is 5.69 Å². The third kappa shape index (κ3) is 3.92. The van der Waals surface area contributed by atoms with Gasteiger partial charge in [0.25, 0.3) is 5.69 Å². The molecule has 0 aliphatic rings. The summed E-state index contributed by atoms with van der Waals surface area (Å²) in [4.78, 5) is 33.3. The number of esters is 2. The number of halogens is 1. The number of nitro benzene ring substituents is 1. The van der Waals surface area contributed by atoms with Crippen LogP contribution in [0, 0.1) is 10.1 Å². The van der Waals surface area contributed by atoms with Crippen molar-refractivity contribution in [3.05, 3.63) is 38.9 Å². The van der Waals surface area contributed by atoms with Gasteiger partial charge >= 0.3 is 11.9 Å². The van der Waals surface area contributed by atoms with E-state index in [1.807, 2.05) is 0 Å². The lowest BCUT2D eigenvalue weighted by Crippen LogP contribution is -2.26. The first kappa shape index (κ1) is 15.9. The van der Waals surface area contributed by atoms with Gasteiger partial charge in [-0.05, 0) is 26.0 Å². The first-order valence-corrected chi connectivity index (χ1v) is 6.06. The fraction of sp³-hybridized carbons (Fsp3) is 0.333. The van der Waals surface area contributed by atoms with Gasteiger partial charge in [0.15, 0.2) is 6.10 Å². The molecule has 0 N–H and O–H groups in total. The first-order valence-electron chi connectivity index (χ1n) is 5.68. The highest BCUT2D eigenvalue weighted by molar-refractivity contribution is 6.31. The monoisotopic (exact) mass is 301 g/mol. The molecule has 0 amide bonds. The van der Waals surface area contributed by atoms with Crippen LogP contribution in [0.25, 0.3) is 0 Å². The van der Waals surface area contributed by atoms with Crippen molar-refractivity contribution in [1.29, 1.82) is 0 Å². The van der Waals surface area contributed by atoms with Gasteiger partial charge in [-0.25, -0.2) is 9.59 Å². The Balaban J connectivity index is 2.95. The lowest BCUT2D eigenvalue weighted by molar-refractivity contribution is -0.385. The van der Waals surface area contributed by atoms with Crippen LogP contribution >= 0.6 is 11.6 Å². The summed E-state index contributed by atoms with van der Waals surface area (Å²) in [6, 6.07) is 3.49. The SMILES string of the molecule is CCOC(=O)C(C)OC(=O)c1cc(Cl)ccc1[N+](=O)[O-]. The van der Waals surface area contributed by atoms with Gasteiger partial charge in [0.1, 0.15) is 5.56 Å². The summed E-state index contributed by atoms with van der Waals surface area (Å²) >= 11 is 5.69. The normalized spacial score (nSPS) is 11.6. The number of nitro groups is 1. The number of hydrogen-bond acceptors (Lipinski definition) is 6. The van der Waals surface area contributed by atoms with Crippen molar-refractivity contribution < 1.29 is 24.0 Å². The summed E-state index contributed by atoms with van der Waals surface area (Å²) in [5, 5.41) is 11.0. The van der Waals surface area contributed by atoms with E-state index in [0.717, 1.165) is 12.1 Å². The van der Waals surface area contributed by atoms with Crippen molar-refractivity contribution in [2.45, 2.75) is 20.0 Å². The lowest BCUT2D eigenvalue weighted by Gasteiger charge is -2.12. The summed E-state index contributed by atoms with van der Waals surface area (Å²) in [6.07, 6.45) is -1.17. The molecule has 20 heavy (non-hydrogen) atoms. The maximum Gasteiger partial charge on any atom is 0.347 e. The maximum atomic E-state index is 11.8. The second-order valence-electron chi connectivity index (χ2n) is 3.72. The summed E-state index contributed by atoms with van der Waals surface area (Å²) in [5.41, 5.74) is -0.769. The minimum absolute atomic E-state index is 0.137. The molecular weight excluding hydrogens is 290 g/mol. The molecule has 8 heteroatoms. The van der Waals surface area contributed by atoms with E-state index in [1.165, 1.54) is 13.0 Å². The van der Waals surface area contributed by atoms with Gasteiger partial charge in [0.2, 0.25) is 0 Å². The predicted molar refractivity (Wildman–Crippen MR) is 69.6 cm³/mol. The van der Waals surface area contributed by atoms with Crippen LogP contribution in [0.1, 0.15) is 24.2 Å². The summed E-state index contributed by atoms with van der Waals surface area (Å²) in [7, 11) is 0. The summed E-state index contributed by atoms with van der Waals surface area (Å²) in [6.45, 7) is 3.05. The number of nitrogens with zero attached hydrogens (tertiary/aromatic N) is 1. The molecule has 1 aromatic rings. The Hall–Kier alpha value is -2.15. The third-order valence-corrected chi connectivity index (χ3v) is 2.51. The van der Waals surface area contributed by atoms with Crippen LogP contribution < -0.4 is 0 Å². The molecule has 108 valence electrons. The van der Waals surface area contributed by atoms with E-state index in [-0.39, 0.29) is 17.2 Å². The highest BCUT2D eigenvalue weighted by atomic mass is 35.5. The smallest absolute Gasteiger partial charge is 0.347 e. The molecular formula is C12H12ClNO6. The molecule has 0 spiro atoms. The van der Waals surface area contributed by atoms with Crippen molar-refractivity contribution in [3.63, 3.8) is 0 Å². The van der Waals surface area contributed by atoms with Crippen molar-refractivity contribution >= 4 is 29.2 Å². The average molecular weight is 302 g/mol. The topological polar surface area (TPSA) is 95.7 Å². The van der Waals surface area contributed by atoms with E-state index in [2.05, 4.69) is 4.74 Å². The number of benzene rings is 1. The highest BCUT2D eigenvalue weighted by Crippen LogP contribution is 2.23. The van der Waals surface area contributed by atoms with Gasteiger partial charge in [0.05, 0.1) is 11.5 Å². The van der Waals surface area contributed by atoms with E-state index < -0.39 is 28.7 Å². The number of carbonyl (C=O) groups excluding carboxylic acids is 2. The summed E-state index contributed by atoms with van der Waals surface area (Å²) in [5.74, 6) is -1.75. The van der Waals surface area contributed by atoms with Gasteiger partial charge in [-0.2, -0.15) is 0 Å². The Morgan fingerprint density at radius 3 is 2.65 bits per heavy atom. The molecule has 0 aliphatic heterocycles. The molecule has 0 heterocycles. The number of hydrogen-bond donors (Lipinski definition) is 0. The van der Waals surface area contributed by atoms with Crippen molar-refractivity contribution in [3.8, 4) is 0 Å². The van der Waals surface area contributed by atoms with Crippen molar-refractivity contribution in [2.75, 3.05) is 6.61 Å². The average Bonchev–Trinajstić information content (AvgIpc) is 2.38. The minimum atomic E-state index is -1.17. The fourth-order valence-electron chi connectivity index (χ4n) is 1.36. The second kappa shape index (κ2) is 6.85. The van der Waals surface area contributed by atoms with Crippen LogP contribution in [0.15, 0.2) is 18.2 Å². The Kier molecular flexibility index (Phi) is 5.45. The van der Waals surface area contributed by atoms with Gasteiger partial charge < -0.3 is 9.47 Å². The zero-order valence-corrected chi connectivity index (χ0v) is 11.5. The Morgan fingerprint density at radius 2 is 2.10 bits per heavy atom. The van der Waals surface area contributed by atoms with Crippen LogP contribution in [0.5, 0.6) is 0 Å². The molecule has 0 aromatic heterocycles. The lowest BCUT2D eigenvalue weighted by atomic mass is 10.2. The maximum absolute atomic E-state index is 11.8. The van der Waals surface area contributed by atoms with Gasteiger partial charge in [-0.1, -0.05) is 11.6 Å². The summed E-state index contributed by atoms with van der Waals surface area (Å²) < 4.78 is 9.49. The van der Waals surface area contributed by atoms with E-state index in [4.69, 9.17) is 16.3 Å². The zero-order chi connectivity index (χ0) is 15.3. The molecule has 0 fully saturated rings. The van der Waals surface area contributed by atoms with Crippen molar-refractivity contribution in [2.24, 2.45) is 0 Å². The molecule has 1 rings (SSSR count). The zero-order valence-electron chi connectivity index (χ0n) is 10.8. The Labute approximate surface area is 119 Å². The largest absolute Gasteiger partial charge is 0.463 e. The molecule has 0 aliphatic carbocycles. The van der Waals surface area contributed by atoms with Crippen LogP contribution in [-0.4, -0.2) is 29.6 Å². The number of rotatable bonds is 5. The van der Waals surface area contributed by atoms with E-state index in [9.17, 15) is 19.7 Å². The molecule has 1 unspecified atom stereocenters. The molecule has 0 saturated heterocycles. The highest BCUT2D eigenvalue weighted by Gasteiger charge is 2.26. The molecule has 0 saturated carbocycles. The van der Waals surface area contributed by atoms with Crippen LogP contribution in [0.2, 0.25) is 5.02 Å². The molecule has 0 bridgehead atoms. The molecule has 7 nitrogen and oxygen atoms in total. The quantitative estimate of drug-likeness (QED) is 0.470. The molecule has 1 atom stereocenters. The number of carbonyl (C=O) groups is 2. The van der Waals surface area contributed by atoms with Crippen LogP contribution in [-0.2, 0) is 14.3 Å². The van der Waals surface area contributed by atoms with Gasteiger partial charge in [-0.15, -0.1) is 0 Å².